The summed E-state index contributed by atoms with van der Waals surface area (Å²) in [5, 5.41) is 0. The van der Waals surface area contributed by atoms with Gasteiger partial charge in [-0.1, -0.05) is 17.7 Å². The molecule has 1 aromatic heterocycles. The minimum absolute atomic E-state index is 0.102. The van der Waals surface area contributed by atoms with Gasteiger partial charge in [0.2, 0.25) is 5.95 Å². The van der Waals surface area contributed by atoms with E-state index in [2.05, 4.69) is 21.8 Å². The van der Waals surface area contributed by atoms with Crippen molar-refractivity contribution in [2.24, 2.45) is 11.8 Å². The van der Waals surface area contributed by atoms with Gasteiger partial charge in [0, 0.05) is 37.5 Å². The number of rotatable bonds is 16. The second-order valence-electron chi connectivity index (χ2n) is 13.3. The maximum Gasteiger partial charge on any atom is 0.416 e. The van der Waals surface area contributed by atoms with Crippen molar-refractivity contribution < 1.29 is 40.6 Å². The molecule has 0 saturated heterocycles. The molecule has 4 rings (SSSR count). The monoisotopic (exact) mass is 754 g/mol. The second kappa shape index (κ2) is 18.4. The Bertz CT molecular complexity index is 1560. The van der Waals surface area contributed by atoms with Gasteiger partial charge >= 0.3 is 18.3 Å². The van der Waals surface area contributed by atoms with Gasteiger partial charge in [0.1, 0.15) is 0 Å². The molecule has 1 heterocycles. The molecule has 1 atom stereocenters. The largest absolute Gasteiger partial charge is 0.489 e. The number of halogens is 6. The van der Waals surface area contributed by atoms with Gasteiger partial charge in [-0.15, -0.1) is 0 Å². The van der Waals surface area contributed by atoms with Gasteiger partial charge in [-0.25, -0.2) is 9.97 Å². The fourth-order valence-corrected chi connectivity index (χ4v) is 6.92. The van der Waals surface area contributed by atoms with Crippen molar-refractivity contribution >= 4 is 29.4 Å². The van der Waals surface area contributed by atoms with Crippen molar-refractivity contribution in [3.05, 3.63) is 76.6 Å². The Balaban J connectivity index is 1.68. The van der Waals surface area contributed by atoms with E-state index in [0.717, 1.165) is 66.9 Å². The number of esters is 1. The lowest BCUT2D eigenvalue weighted by Gasteiger charge is -2.36. The Hall–Kier alpha value is -3.68. The first-order valence-electron chi connectivity index (χ1n) is 17.6. The molecular weight excluding hydrogens is 706 g/mol. The number of nitrogens with zero attached hydrogens (tertiary/aromatic N) is 4. The average molecular weight is 755 g/mol. The lowest BCUT2D eigenvalue weighted by Crippen LogP contribution is -2.34. The molecule has 1 unspecified atom stereocenters. The summed E-state index contributed by atoms with van der Waals surface area (Å²) in [6.07, 6.45) is -0.909. The van der Waals surface area contributed by atoms with Gasteiger partial charge in [-0.05, 0) is 107 Å². The highest BCUT2D eigenvalue weighted by atomic mass is 32.2. The third-order valence-corrected chi connectivity index (χ3v) is 10.1. The van der Waals surface area contributed by atoms with E-state index in [1.54, 1.807) is 30.5 Å². The summed E-state index contributed by atoms with van der Waals surface area (Å²) in [7, 11) is 0. The number of anilines is 2. The summed E-state index contributed by atoms with van der Waals surface area (Å²) >= 11 is 1.60. The maximum atomic E-state index is 13.9. The minimum Gasteiger partial charge on any atom is -0.489 e. The Labute approximate surface area is 306 Å². The molecule has 0 N–H and O–H groups in total. The fourth-order valence-electron chi connectivity index (χ4n) is 6.67. The van der Waals surface area contributed by atoms with E-state index in [1.807, 2.05) is 31.4 Å². The first-order chi connectivity index (χ1) is 24.6. The van der Waals surface area contributed by atoms with Gasteiger partial charge < -0.3 is 19.3 Å². The Morgan fingerprint density at radius 2 is 1.56 bits per heavy atom. The van der Waals surface area contributed by atoms with Crippen LogP contribution in [-0.2, 0) is 28.4 Å². The van der Waals surface area contributed by atoms with Crippen molar-refractivity contribution in [3.63, 3.8) is 0 Å². The Morgan fingerprint density at radius 3 is 2.12 bits per heavy atom. The number of hydrogen-bond acceptors (Lipinski definition) is 8. The number of aryl methyl sites for hydroxylation is 1. The molecule has 52 heavy (non-hydrogen) atoms. The lowest BCUT2D eigenvalue weighted by molar-refractivity contribution is -0.145. The van der Waals surface area contributed by atoms with Crippen LogP contribution in [0.3, 0.4) is 0 Å². The van der Waals surface area contributed by atoms with Gasteiger partial charge in [0.25, 0.3) is 0 Å². The van der Waals surface area contributed by atoms with E-state index >= 15 is 0 Å². The van der Waals surface area contributed by atoms with Crippen LogP contribution in [0.5, 0.6) is 5.75 Å². The van der Waals surface area contributed by atoms with Crippen LogP contribution in [0.4, 0.5) is 38.0 Å². The van der Waals surface area contributed by atoms with E-state index in [4.69, 9.17) is 9.47 Å². The molecule has 0 amide bonds. The predicted octanol–water partition coefficient (Wildman–Crippen LogP) is 9.92. The van der Waals surface area contributed by atoms with E-state index in [9.17, 15) is 31.1 Å². The number of thioether (sulfide) groups is 1. The first kappa shape index (κ1) is 41.1. The molecule has 1 aliphatic rings. The van der Waals surface area contributed by atoms with Crippen molar-refractivity contribution in [1.29, 1.82) is 0 Å². The van der Waals surface area contributed by atoms with Crippen molar-refractivity contribution in [3.8, 4) is 5.75 Å². The fraction of sp³-hybridized carbons (Fsp3) is 0.553. The van der Waals surface area contributed by atoms with Crippen molar-refractivity contribution in [2.75, 3.05) is 48.1 Å². The SMILES string of the molecule is CCOC(=O)CC1CCC(CN(CC)c2ccc(C)cc2CN(c2ncc(OCCSC)cn2)C(C)c2cc(C(F)(F)F)cc(C(F)(F)F)c2)CC1. The summed E-state index contributed by atoms with van der Waals surface area (Å²) in [5.74, 6) is 1.79. The molecule has 7 nitrogen and oxygen atoms in total. The first-order valence-corrected chi connectivity index (χ1v) is 19.0. The Morgan fingerprint density at radius 1 is 0.942 bits per heavy atom. The minimum atomic E-state index is -4.99. The molecular formula is C38H48F6N4O3S. The Kier molecular flexibility index (Phi) is 14.5. The van der Waals surface area contributed by atoms with Crippen LogP contribution in [0.15, 0.2) is 48.8 Å². The summed E-state index contributed by atoms with van der Waals surface area (Å²) in [5.41, 5.74) is -0.250. The zero-order valence-corrected chi connectivity index (χ0v) is 31.1. The van der Waals surface area contributed by atoms with Crippen LogP contribution >= 0.6 is 11.8 Å². The highest BCUT2D eigenvalue weighted by Crippen LogP contribution is 2.40. The van der Waals surface area contributed by atoms with E-state index in [0.29, 0.717) is 43.8 Å². The van der Waals surface area contributed by atoms with Gasteiger partial charge in [0.15, 0.2) is 5.75 Å². The zero-order valence-electron chi connectivity index (χ0n) is 30.3. The van der Waals surface area contributed by atoms with E-state index in [1.165, 1.54) is 12.4 Å². The number of carbonyl (C=O) groups is 1. The highest BCUT2D eigenvalue weighted by Gasteiger charge is 2.38. The predicted molar refractivity (Wildman–Crippen MR) is 193 cm³/mol. The van der Waals surface area contributed by atoms with Crippen LogP contribution in [-0.4, -0.2) is 54.2 Å². The van der Waals surface area contributed by atoms with Gasteiger partial charge in [0.05, 0.1) is 42.8 Å². The summed E-state index contributed by atoms with van der Waals surface area (Å²) < 4.78 is 94.4. The highest BCUT2D eigenvalue weighted by molar-refractivity contribution is 7.98. The number of alkyl halides is 6. The number of benzene rings is 2. The smallest absolute Gasteiger partial charge is 0.416 e. The number of carbonyl (C=O) groups excluding carboxylic acids is 1. The van der Waals surface area contributed by atoms with Crippen LogP contribution < -0.4 is 14.5 Å². The summed E-state index contributed by atoms with van der Waals surface area (Å²) in [6.45, 7) is 9.67. The molecule has 2 aromatic carbocycles. The summed E-state index contributed by atoms with van der Waals surface area (Å²) in [6, 6.07) is 6.66. The van der Waals surface area contributed by atoms with Gasteiger partial charge in [-0.3, -0.25) is 4.79 Å². The number of ether oxygens (including phenoxy) is 2. The van der Waals surface area contributed by atoms with Crippen LogP contribution in [0.2, 0.25) is 0 Å². The lowest BCUT2D eigenvalue weighted by atomic mass is 9.80. The van der Waals surface area contributed by atoms with Crippen molar-refractivity contribution in [2.45, 2.75) is 84.7 Å². The maximum absolute atomic E-state index is 13.9. The van der Waals surface area contributed by atoms with Crippen LogP contribution in [0.25, 0.3) is 0 Å². The van der Waals surface area contributed by atoms with Crippen molar-refractivity contribution in [1.82, 2.24) is 9.97 Å². The summed E-state index contributed by atoms with van der Waals surface area (Å²) in [4.78, 5) is 24.9. The topological polar surface area (TPSA) is 67.8 Å². The molecule has 0 radical (unpaired) electrons. The standard InChI is InChI=1S/C38H48F6N4O3S/c1-6-47(23-28-11-9-27(10-12-28)17-35(49)50-7-2)34-13-8-25(3)16-30(34)24-48(36-45-21-33(22-46-36)51-14-15-52-5)26(4)29-18-31(37(39,40)41)20-32(19-29)38(42,43)44/h8,13,16,18-22,26-28H,6-7,9-12,14-15,17,23-24H2,1-5H3. The molecule has 0 aliphatic heterocycles. The molecule has 3 aromatic rings. The zero-order chi connectivity index (χ0) is 38.1. The third-order valence-electron chi connectivity index (χ3n) is 9.49. The van der Waals surface area contributed by atoms with Gasteiger partial charge in [-0.2, -0.15) is 38.1 Å². The van der Waals surface area contributed by atoms with E-state index < -0.39 is 29.5 Å². The normalized spacial score (nSPS) is 17.1. The molecule has 0 spiro atoms. The van der Waals surface area contributed by atoms with Crippen LogP contribution in [0.1, 0.15) is 86.7 Å². The molecule has 1 saturated carbocycles. The quantitative estimate of drug-likeness (QED) is 0.0814. The third kappa shape index (κ3) is 11.4. The average Bonchev–Trinajstić information content (AvgIpc) is 3.10. The number of hydrogen-bond donors (Lipinski definition) is 0. The molecule has 1 fully saturated rings. The van der Waals surface area contributed by atoms with Crippen LogP contribution in [0, 0.1) is 18.8 Å². The molecule has 0 bridgehead atoms. The van der Waals surface area contributed by atoms with E-state index in [-0.39, 0.29) is 30.1 Å². The number of aromatic nitrogens is 2. The molecule has 286 valence electrons. The molecule has 1 aliphatic carbocycles. The second-order valence-corrected chi connectivity index (χ2v) is 14.3. The molecule has 14 heteroatoms.